The minimum Gasteiger partial charge on any atom is -0.344 e. The lowest BCUT2D eigenvalue weighted by Crippen LogP contribution is -2.32. The number of thiazole rings is 1. The molecule has 5 heteroatoms. The molecule has 0 saturated heterocycles. The summed E-state index contributed by atoms with van der Waals surface area (Å²) in [6, 6.07) is 19.0. The predicted molar refractivity (Wildman–Crippen MR) is 127 cm³/mol. The number of fused-ring (bicyclic) bond motifs is 2. The number of allylic oxidation sites excluding steroid dienone is 1. The Morgan fingerprint density at radius 2 is 1.97 bits per heavy atom. The molecule has 2 heterocycles. The molecule has 0 bridgehead atoms. The van der Waals surface area contributed by atoms with Crippen molar-refractivity contribution in [1.82, 2.24) is 0 Å². The van der Waals surface area contributed by atoms with E-state index in [-0.39, 0.29) is 0 Å². The highest BCUT2D eigenvalue weighted by molar-refractivity contribution is 7.18. The lowest BCUT2D eigenvalue weighted by molar-refractivity contribution is -0.642. The van der Waals surface area contributed by atoms with Crippen LogP contribution in [0, 0.1) is 28.6 Å². The van der Waals surface area contributed by atoms with Crippen molar-refractivity contribution in [3.63, 3.8) is 0 Å². The van der Waals surface area contributed by atoms with Crippen LogP contribution in [0.25, 0.3) is 16.3 Å². The van der Waals surface area contributed by atoms with Crippen molar-refractivity contribution in [3.05, 3.63) is 64.3 Å². The second-order valence-corrected chi connectivity index (χ2v) is 9.90. The van der Waals surface area contributed by atoms with Crippen molar-refractivity contribution in [1.29, 1.82) is 10.5 Å². The molecule has 0 amide bonds. The smallest absolute Gasteiger partial charge is 0.264 e. The molecular weight excluding hydrogens is 400 g/mol. The van der Waals surface area contributed by atoms with Gasteiger partial charge in [0.05, 0.1) is 24.1 Å². The molecule has 31 heavy (non-hydrogen) atoms. The van der Waals surface area contributed by atoms with Crippen LogP contribution in [-0.2, 0) is 12.5 Å². The first-order chi connectivity index (χ1) is 14.9. The van der Waals surface area contributed by atoms with Crippen LogP contribution in [0.4, 0.5) is 5.69 Å². The molecule has 156 valence electrons. The van der Waals surface area contributed by atoms with Gasteiger partial charge < -0.3 is 4.90 Å². The fraction of sp³-hybridized carbons (Fsp3) is 0.346. The molecule has 1 atom stereocenters. The second-order valence-electron chi connectivity index (χ2n) is 8.84. The van der Waals surface area contributed by atoms with Crippen molar-refractivity contribution in [3.8, 4) is 12.1 Å². The molecule has 0 radical (unpaired) electrons. The number of hydrogen-bond donors (Lipinski definition) is 0. The van der Waals surface area contributed by atoms with Crippen LogP contribution in [0.3, 0.4) is 0 Å². The first-order valence-electron chi connectivity index (χ1n) is 10.7. The summed E-state index contributed by atoms with van der Waals surface area (Å²) in [7, 11) is 2.10. The molecule has 0 saturated carbocycles. The molecule has 4 rings (SSSR count). The van der Waals surface area contributed by atoms with Crippen molar-refractivity contribution in [2.75, 3.05) is 11.4 Å². The number of aryl methyl sites for hydroxylation is 1. The van der Waals surface area contributed by atoms with Crippen LogP contribution in [0.1, 0.15) is 49.7 Å². The monoisotopic (exact) mass is 427 g/mol. The van der Waals surface area contributed by atoms with Gasteiger partial charge in [-0.1, -0.05) is 37.3 Å². The van der Waals surface area contributed by atoms with E-state index < -0.39 is 5.41 Å². The standard InChI is InChI=1S/C26H27N4S/c1-18(2)11-14-30-21-10-9-19(17-28)15-20(21)26(3,12-13-27)24(30)16-25-29(4)22-7-5-6-8-23(22)31-25/h5-10,15-16,18H,11-12,14H2,1-4H3/q+1. The van der Waals surface area contributed by atoms with Gasteiger partial charge in [0.15, 0.2) is 0 Å². The summed E-state index contributed by atoms with van der Waals surface area (Å²) in [6.07, 6.45) is 3.68. The number of para-hydroxylation sites is 1. The van der Waals surface area contributed by atoms with Gasteiger partial charge in [0.2, 0.25) is 5.52 Å². The zero-order valence-electron chi connectivity index (χ0n) is 18.5. The lowest BCUT2D eigenvalue weighted by Gasteiger charge is -2.28. The maximum Gasteiger partial charge on any atom is 0.264 e. The van der Waals surface area contributed by atoms with E-state index in [0.29, 0.717) is 17.9 Å². The van der Waals surface area contributed by atoms with Gasteiger partial charge in [-0.05, 0) is 49.1 Å². The van der Waals surface area contributed by atoms with Crippen LogP contribution in [0.2, 0.25) is 0 Å². The summed E-state index contributed by atoms with van der Waals surface area (Å²) in [4.78, 5) is 2.37. The van der Waals surface area contributed by atoms with E-state index in [1.54, 1.807) is 11.3 Å². The lowest BCUT2D eigenvalue weighted by atomic mass is 9.78. The number of rotatable bonds is 5. The van der Waals surface area contributed by atoms with Crippen LogP contribution < -0.4 is 9.47 Å². The van der Waals surface area contributed by atoms with E-state index in [2.05, 4.69) is 85.8 Å². The molecule has 4 nitrogen and oxygen atoms in total. The highest BCUT2D eigenvalue weighted by Gasteiger charge is 2.44. The molecule has 0 fully saturated rings. The molecule has 1 unspecified atom stereocenters. The first-order valence-corrected chi connectivity index (χ1v) is 11.5. The van der Waals surface area contributed by atoms with Crippen molar-refractivity contribution >= 4 is 33.3 Å². The van der Waals surface area contributed by atoms with Crippen LogP contribution in [0.15, 0.2) is 48.2 Å². The van der Waals surface area contributed by atoms with E-state index in [0.717, 1.165) is 34.9 Å². The van der Waals surface area contributed by atoms with Crippen LogP contribution in [-0.4, -0.2) is 6.54 Å². The summed E-state index contributed by atoms with van der Waals surface area (Å²) >= 11 is 1.77. The minimum atomic E-state index is -0.461. The van der Waals surface area contributed by atoms with E-state index in [1.165, 1.54) is 10.2 Å². The van der Waals surface area contributed by atoms with Gasteiger partial charge in [0.25, 0.3) is 5.01 Å². The van der Waals surface area contributed by atoms with Gasteiger partial charge in [0.1, 0.15) is 11.7 Å². The van der Waals surface area contributed by atoms with Gasteiger partial charge in [-0.25, -0.2) is 0 Å². The Kier molecular flexibility index (Phi) is 5.56. The third-order valence-electron chi connectivity index (χ3n) is 6.26. The quantitative estimate of drug-likeness (QED) is 0.493. The molecule has 1 aromatic heterocycles. The van der Waals surface area contributed by atoms with Gasteiger partial charge in [-0.2, -0.15) is 15.1 Å². The van der Waals surface area contributed by atoms with Gasteiger partial charge in [-0.3, -0.25) is 0 Å². The fourth-order valence-electron chi connectivity index (χ4n) is 4.42. The molecule has 3 aromatic rings. The zero-order chi connectivity index (χ0) is 22.2. The molecule has 0 spiro atoms. The average Bonchev–Trinajstić information content (AvgIpc) is 3.19. The van der Waals surface area contributed by atoms with E-state index in [4.69, 9.17) is 0 Å². The third kappa shape index (κ3) is 3.60. The minimum absolute atomic E-state index is 0.369. The highest BCUT2D eigenvalue weighted by atomic mass is 32.1. The van der Waals surface area contributed by atoms with Crippen molar-refractivity contribution in [2.24, 2.45) is 13.0 Å². The maximum absolute atomic E-state index is 9.74. The summed E-state index contributed by atoms with van der Waals surface area (Å²) in [5.74, 6) is 0.575. The van der Waals surface area contributed by atoms with Gasteiger partial charge in [0, 0.05) is 35.5 Å². The number of nitriles is 2. The zero-order valence-corrected chi connectivity index (χ0v) is 19.3. The molecule has 0 aliphatic carbocycles. The molecule has 1 aliphatic heterocycles. The predicted octanol–water partition coefficient (Wildman–Crippen LogP) is 5.68. The summed E-state index contributed by atoms with van der Waals surface area (Å²) in [5, 5.41) is 20.4. The Labute approximate surface area is 188 Å². The maximum atomic E-state index is 9.74. The number of hydrogen-bond acceptors (Lipinski definition) is 4. The fourth-order valence-corrected chi connectivity index (χ4v) is 5.51. The van der Waals surface area contributed by atoms with Gasteiger partial charge >= 0.3 is 0 Å². The van der Waals surface area contributed by atoms with E-state index in [9.17, 15) is 10.5 Å². The molecule has 1 aliphatic rings. The summed E-state index contributed by atoms with van der Waals surface area (Å²) in [6.45, 7) is 7.50. The second kappa shape index (κ2) is 8.17. The van der Waals surface area contributed by atoms with E-state index in [1.807, 2.05) is 12.1 Å². The average molecular weight is 428 g/mol. The number of aromatic nitrogens is 1. The van der Waals surface area contributed by atoms with Crippen molar-refractivity contribution < 1.29 is 4.57 Å². The number of benzene rings is 2. The summed E-state index contributed by atoms with van der Waals surface area (Å²) in [5.41, 5.74) is 4.72. The number of nitrogens with zero attached hydrogens (tertiary/aromatic N) is 4. The number of anilines is 1. The van der Waals surface area contributed by atoms with Crippen LogP contribution >= 0.6 is 11.3 Å². The van der Waals surface area contributed by atoms with E-state index >= 15 is 0 Å². The molecular formula is C26H27N4S+. The third-order valence-corrected chi connectivity index (χ3v) is 7.43. The molecule has 0 N–H and O–H groups in total. The highest BCUT2D eigenvalue weighted by Crippen LogP contribution is 2.51. The largest absolute Gasteiger partial charge is 0.344 e. The SMILES string of the molecule is CC(C)CCN1C(=Cc2sc3ccccc3[n+]2C)C(C)(CC#N)c2cc(C#N)ccc21. The first kappa shape index (κ1) is 21.1. The molecule has 2 aromatic carbocycles. The van der Waals surface area contributed by atoms with Crippen LogP contribution in [0.5, 0.6) is 0 Å². The Morgan fingerprint density at radius 3 is 2.65 bits per heavy atom. The van der Waals surface area contributed by atoms with Crippen molar-refractivity contribution in [2.45, 2.75) is 39.0 Å². The van der Waals surface area contributed by atoms with Gasteiger partial charge in [-0.15, -0.1) is 0 Å². The Hall–Kier alpha value is -3.15. The Bertz CT molecular complexity index is 1250. The summed E-state index contributed by atoms with van der Waals surface area (Å²) < 4.78 is 3.47. The Balaban J connectivity index is 1.93. The topological polar surface area (TPSA) is 54.7 Å². The Morgan fingerprint density at radius 1 is 1.19 bits per heavy atom. The normalized spacial score (nSPS) is 19.1.